The summed E-state index contributed by atoms with van der Waals surface area (Å²) < 4.78 is 1.11. The first-order valence-corrected chi connectivity index (χ1v) is 7.92. The van der Waals surface area contributed by atoms with Crippen LogP contribution in [-0.4, -0.2) is 9.97 Å². The minimum absolute atomic E-state index is 0.688. The van der Waals surface area contributed by atoms with Crippen molar-refractivity contribution in [3.8, 4) is 0 Å². The molecule has 1 N–H and O–H groups in total. The third-order valence-electron chi connectivity index (χ3n) is 3.98. The summed E-state index contributed by atoms with van der Waals surface area (Å²) in [4.78, 5) is 9.63. The SMILES string of the molecule is Brc1cccc(Cc2nc3c(c(C4CC4)n2)CNC3)c1. The Kier molecular flexibility index (Phi) is 3.08. The molecule has 102 valence electrons. The standard InChI is InChI=1S/C16H16BrN3/c17-12-3-1-2-10(6-12)7-15-19-14-9-18-8-13(14)16(20-15)11-4-5-11/h1-3,6,11,18H,4-5,7-9H2. The Morgan fingerprint density at radius 2 is 2.10 bits per heavy atom. The first kappa shape index (κ1) is 12.5. The van der Waals surface area contributed by atoms with Gasteiger partial charge in [-0.2, -0.15) is 0 Å². The van der Waals surface area contributed by atoms with Crippen LogP contribution in [0.2, 0.25) is 0 Å². The molecule has 1 aliphatic heterocycles. The van der Waals surface area contributed by atoms with Gasteiger partial charge in [0.2, 0.25) is 0 Å². The molecule has 0 atom stereocenters. The molecule has 20 heavy (non-hydrogen) atoms. The summed E-state index contributed by atoms with van der Waals surface area (Å²) in [5.41, 5.74) is 5.15. The van der Waals surface area contributed by atoms with Gasteiger partial charge in [-0.3, -0.25) is 0 Å². The summed E-state index contributed by atoms with van der Waals surface area (Å²) in [6.45, 7) is 1.83. The van der Waals surface area contributed by atoms with Crippen LogP contribution in [0.1, 0.15) is 47.1 Å². The van der Waals surface area contributed by atoms with Crippen LogP contribution in [0.5, 0.6) is 0 Å². The molecule has 2 aromatic rings. The van der Waals surface area contributed by atoms with Crippen molar-refractivity contribution in [3.63, 3.8) is 0 Å². The molecular formula is C16H16BrN3. The highest BCUT2D eigenvalue weighted by Crippen LogP contribution is 2.41. The molecule has 0 spiro atoms. The second-order valence-electron chi connectivity index (χ2n) is 5.63. The Bertz CT molecular complexity index is 665. The number of rotatable bonds is 3. The molecule has 0 unspecified atom stereocenters. The molecule has 0 saturated heterocycles. The van der Waals surface area contributed by atoms with Crippen molar-refractivity contribution in [1.82, 2.24) is 15.3 Å². The van der Waals surface area contributed by atoms with Crippen molar-refractivity contribution < 1.29 is 0 Å². The summed E-state index contributed by atoms with van der Waals surface area (Å²) in [6, 6.07) is 8.39. The molecule has 1 aromatic carbocycles. The predicted molar refractivity (Wildman–Crippen MR) is 81.5 cm³/mol. The van der Waals surface area contributed by atoms with E-state index in [0.717, 1.165) is 29.8 Å². The van der Waals surface area contributed by atoms with Crippen molar-refractivity contribution in [2.24, 2.45) is 0 Å². The summed E-state index contributed by atoms with van der Waals surface area (Å²) >= 11 is 3.52. The number of nitrogens with one attached hydrogen (secondary N) is 1. The first-order chi connectivity index (χ1) is 9.79. The van der Waals surface area contributed by atoms with Crippen LogP contribution < -0.4 is 5.32 Å². The van der Waals surface area contributed by atoms with Crippen molar-refractivity contribution in [2.75, 3.05) is 0 Å². The lowest BCUT2D eigenvalue weighted by Gasteiger charge is -2.09. The maximum atomic E-state index is 4.86. The fraction of sp³-hybridized carbons (Fsp3) is 0.375. The normalized spacial score (nSPS) is 17.2. The average Bonchev–Trinajstić information content (AvgIpc) is 3.16. The monoisotopic (exact) mass is 329 g/mol. The highest BCUT2D eigenvalue weighted by atomic mass is 79.9. The third-order valence-corrected chi connectivity index (χ3v) is 4.47. The van der Waals surface area contributed by atoms with Crippen LogP contribution in [0.15, 0.2) is 28.7 Å². The van der Waals surface area contributed by atoms with E-state index in [-0.39, 0.29) is 0 Å². The molecule has 2 aliphatic rings. The Labute approximate surface area is 127 Å². The average molecular weight is 330 g/mol. The molecule has 1 aromatic heterocycles. The largest absolute Gasteiger partial charge is 0.307 e. The van der Waals surface area contributed by atoms with Crippen LogP contribution in [0.4, 0.5) is 0 Å². The molecule has 4 heteroatoms. The van der Waals surface area contributed by atoms with E-state index >= 15 is 0 Å². The molecule has 0 bridgehead atoms. The second-order valence-corrected chi connectivity index (χ2v) is 6.55. The maximum Gasteiger partial charge on any atom is 0.133 e. The Morgan fingerprint density at radius 3 is 2.90 bits per heavy atom. The van der Waals surface area contributed by atoms with Gasteiger partial charge >= 0.3 is 0 Å². The zero-order valence-electron chi connectivity index (χ0n) is 11.2. The van der Waals surface area contributed by atoms with Gasteiger partial charge in [-0.15, -0.1) is 0 Å². The van der Waals surface area contributed by atoms with Gasteiger partial charge in [-0.1, -0.05) is 28.1 Å². The van der Waals surface area contributed by atoms with Gasteiger partial charge in [-0.05, 0) is 30.5 Å². The zero-order valence-corrected chi connectivity index (χ0v) is 12.8. The van der Waals surface area contributed by atoms with E-state index in [4.69, 9.17) is 9.97 Å². The Balaban J connectivity index is 1.70. The minimum Gasteiger partial charge on any atom is -0.307 e. The molecule has 4 rings (SSSR count). The number of fused-ring (bicyclic) bond motifs is 1. The van der Waals surface area contributed by atoms with Crippen molar-refractivity contribution in [2.45, 2.75) is 38.3 Å². The van der Waals surface area contributed by atoms with E-state index in [2.05, 4.69) is 39.4 Å². The lowest BCUT2D eigenvalue weighted by atomic mass is 10.1. The van der Waals surface area contributed by atoms with Crippen molar-refractivity contribution in [3.05, 3.63) is 57.1 Å². The van der Waals surface area contributed by atoms with E-state index in [1.807, 2.05) is 6.07 Å². The van der Waals surface area contributed by atoms with Gasteiger partial charge in [-0.25, -0.2) is 9.97 Å². The van der Waals surface area contributed by atoms with Crippen molar-refractivity contribution in [1.29, 1.82) is 0 Å². The number of halogens is 1. The van der Waals surface area contributed by atoms with Gasteiger partial charge in [0.05, 0.1) is 11.4 Å². The Hall–Kier alpha value is -1.26. The van der Waals surface area contributed by atoms with Gasteiger partial charge in [0.1, 0.15) is 5.82 Å². The fourth-order valence-electron chi connectivity index (χ4n) is 2.85. The minimum atomic E-state index is 0.688. The van der Waals surface area contributed by atoms with Gasteiger partial charge < -0.3 is 5.32 Å². The van der Waals surface area contributed by atoms with Crippen LogP contribution >= 0.6 is 15.9 Å². The molecular weight excluding hydrogens is 314 g/mol. The quantitative estimate of drug-likeness (QED) is 0.938. The lowest BCUT2D eigenvalue weighted by molar-refractivity contribution is 0.754. The molecule has 0 radical (unpaired) electrons. The fourth-order valence-corrected chi connectivity index (χ4v) is 3.30. The number of hydrogen-bond acceptors (Lipinski definition) is 3. The summed E-state index contributed by atoms with van der Waals surface area (Å²) in [7, 11) is 0. The topological polar surface area (TPSA) is 37.8 Å². The molecule has 1 aliphatic carbocycles. The predicted octanol–water partition coefficient (Wildman–Crippen LogP) is 3.31. The smallest absolute Gasteiger partial charge is 0.133 e. The van der Waals surface area contributed by atoms with E-state index in [1.165, 1.54) is 35.4 Å². The van der Waals surface area contributed by atoms with Gasteiger partial charge in [0.15, 0.2) is 0 Å². The molecule has 3 nitrogen and oxygen atoms in total. The van der Waals surface area contributed by atoms with Gasteiger partial charge in [0, 0.05) is 35.5 Å². The van der Waals surface area contributed by atoms with E-state index in [1.54, 1.807) is 0 Å². The molecule has 2 heterocycles. The van der Waals surface area contributed by atoms with E-state index in [0.29, 0.717) is 5.92 Å². The third kappa shape index (κ3) is 2.38. The summed E-state index contributed by atoms with van der Waals surface area (Å²) in [5.74, 6) is 1.65. The maximum absolute atomic E-state index is 4.86. The summed E-state index contributed by atoms with van der Waals surface area (Å²) in [6.07, 6.45) is 3.39. The Morgan fingerprint density at radius 1 is 1.20 bits per heavy atom. The number of nitrogens with zero attached hydrogens (tertiary/aromatic N) is 2. The number of hydrogen-bond donors (Lipinski definition) is 1. The molecule has 0 amide bonds. The van der Waals surface area contributed by atoms with E-state index in [9.17, 15) is 0 Å². The highest BCUT2D eigenvalue weighted by molar-refractivity contribution is 9.10. The van der Waals surface area contributed by atoms with Crippen molar-refractivity contribution >= 4 is 15.9 Å². The highest BCUT2D eigenvalue weighted by Gasteiger charge is 2.31. The molecule has 1 saturated carbocycles. The second kappa shape index (κ2) is 4.93. The van der Waals surface area contributed by atoms with Crippen LogP contribution in [0.25, 0.3) is 0 Å². The molecule has 1 fully saturated rings. The lowest BCUT2D eigenvalue weighted by Crippen LogP contribution is -2.06. The van der Waals surface area contributed by atoms with Crippen LogP contribution in [-0.2, 0) is 19.5 Å². The number of aromatic nitrogens is 2. The van der Waals surface area contributed by atoms with E-state index < -0.39 is 0 Å². The van der Waals surface area contributed by atoms with Crippen LogP contribution in [0, 0.1) is 0 Å². The summed E-state index contributed by atoms with van der Waals surface area (Å²) in [5, 5.41) is 3.40. The number of benzene rings is 1. The first-order valence-electron chi connectivity index (χ1n) is 7.13. The van der Waals surface area contributed by atoms with Crippen LogP contribution in [0.3, 0.4) is 0 Å². The van der Waals surface area contributed by atoms with Gasteiger partial charge in [0.25, 0.3) is 0 Å². The zero-order chi connectivity index (χ0) is 13.5.